The van der Waals surface area contributed by atoms with Crippen molar-refractivity contribution >= 4 is 17.9 Å². The summed E-state index contributed by atoms with van der Waals surface area (Å²) in [7, 11) is 1.40. The molecule has 6 nitrogen and oxygen atoms in total. The van der Waals surface area contributed by atoms with Gasteiger partial charge >= 0.3 is 5.97 Å². The smallest absolute Gasteiger partial charge is 0.333 e. The molecule has 0 heterocycles. The number of nitrogens with one attached hydrogen (secondary N) is 1. The van der Waals surface area contributed by atoms with Gasteiger partial charge in [-0.2, -0.15) is 0 Å². The summed E-state index contributed by atoms with van der Waals surface area (Å²) < 4.78 is 4.82. The SMILES string of the molecule is COc1ccc(NC(C=O)C(=O)O)cc1O. The average Bonchev–Trinajstić information content (AvgIpc) is 2.25. The number of carbonyl (C=O) groups excluding carboxylic acids is 1. The maximum absolute atomic E-state index is 10.6. The van der Waals surface area contributed by atoms with Gasteiger partial charge in [0.05, 0.1) is 7.11 Å². The minimum absolute atomic E-state index is 0.137. The molecule has 1 rings (SSSR count). The van der Waals surface area contributed by atoms with Gasteiger partial charge in [0.1, 0.15) is 0 Å². The Labute approximate surface area is 91.5 Å². The fraction of sp³-hybridized carbons (Fsp3) is 0.200. The zero-order valence-electron chi connectivity index (χ0n) is 8.51. The molecule has 1 aromatic carbocycles. The van der Waals surface area contributed by atoms with Crippen LogP contribution in [0.2, 0.25) is 0 Å². The number of hydrogen-bond acceptors (Lipinski definition) is 5. The highest BCUT2D eigenvalue weighted by Gasteiger charge is 2.16. The van der Waals surface area contributed by atoms with Gasteiger partial charge in [-0.1, -0.05) is 0 Å². The molecule has 0 aliphatic heterocycles. The Hall–Kier alpha value is -2.24. The number of carbonyl (C=O) groups is 2. The minimum Gasteiger partial charge on any atom is -0.504 e. The van der Waals surface area contributed by atoms with E-state index in [9.17, 15) is 14.7 Å². The highest BCUT2D eigenvalue weighted by atomic mass is 16.5. The van der Waals surface area contributed by atoms with Gasteiger partial charge in [-0.3, -0.25) is 0 Å². The van der Waals surface area contributed by atoms with Crippen molar-refractivity contribution in [1.29, 1.82) is 0 Å². The van der Waals surface area contributed by atoms with Crippen LogP contribution in [0.4, 0.5) is 5.69 Å². The largest absolute Gasteiger partial charge is 0.504 e. The molecule has 0 aliphatic carbocycles. The van der Waals surface area contributed by atoms with Crippen LogP contribution in [0, 0.1) is 0 Å². The molecule has 0 amide bonds. The number of hydrogen-bond donors (Lipinski definition) is 3. The van der Waals surface area contributed by atoms with Gasteiger partial charge < -0.3 is 25.1 Å². The molecule has 0 radical (unpaired) electrons. The van der Waals surface area contributed by atoms with Crippen LogP contribution < -0.4 is 10.1 Å². The van der Waals surface area contributed by atoms with Crippen LogP contribution in [0.1, 0.15) is 0 Å². The zero-order chi connectivity index (χ0) is 12.1. The molecule has 1 atom stereocenters. The number of aromatic hydroxyl groups is 1. The third kappa shape index (κ3) is 2.63. The predicted molar refractivity (Wildman–Crippen MR) is 55.8 cm³/mol. The first-order valence-corrected chi connectivity index (χ1v) is 4.40. The van der Waals surface area contributed by atoms with Crippen molar-refractivity contribution in [2.45, 2.75) is 6.04 Å². The Morgan fingerprint density at radius 1 is 1.56 bits per heavy atom. The molecule has 16 heavy (non-hydrogen) atoms. The Morgan fingerprint density at radius 2 is 2.25 bits per heavy atom. The first kappa shape index (κ1) is 11.8. The van der Waals surface area contributed by atoms with Crippen molar-refractivity contribution in [3.8, 4) is 11.5 Å². The van der Waals surface area contributed by atoms with Crippen LogP contribution in [-0.2, 0) is 9.59 Å². The quantitative estimate of drug-likeness (QED) is 0.497. The number of aliphatic carboxylic acids is 1. The Balaban J connectivity index is 2.85. The summed E-state index contributed by atoms with van der Waals surface area (Å²) in [4.78, 5) is 21.0. The fourth-order valence-electron chi connectivity index (χ4n) is 1.11. The van der Waals surface area contributed by atoms with Crippen molar-refractivity contribution in [1.82, 2.24) is 0 Å². The Morgan fingerprint density at radius 3 is 2.69 bits per heavy atom. The molecule has 6 heteroatoms. The highest BCUT2D eigenvalue weighted by Crippen LogP contribution is 2.28. The lowest BCUT2D eigenvalue weighted by Crippen LogP contribution is -2.30. The van der Waals surface area contributed by atoms with Crippen LogP contribution in [-0.4, -0.2) is 35.6 Å². The lowest BCUT2D eigenvalue weighted by atomic mass is 10.2. The molecule has 0 aliphatic rings. The summed E-state index contributed by atoms with van der Waals surface area (Å²) in [6.07, 6.45) is 0.267. The normalized spacial score (nSPS) is 11.6. The molecule has 0 aromatic heterocycles. The van der Waals surface area contributed by atoms with E-state index >= 15 is 0 Å². The number of benzene rings is 1. The van der Waals surface area contributed by atoms with Crippen LogP contribution in [0.15, 0.2) is 18.2 Å². The molecule has 0 saturated carbocycles. The summed E-state index contributed by atoms with van der Waals surface area (Å²) in [5.41, 5.74) is 0.317. The van der Waals surface area contributed by atoms with Gasteiger partial charge in [-0.15, -0.1) is 0 Å². The fourth-order valence-corrected chi connectivity index (χ4v) is 1.11. The second-order valence-corrected chi connectivity index (χ2v) is 2.98. The van der Waals surface area contributed by atoms with Gasteiger partial charge in [0.25, 0.3) is 0 Å². The molecule has 0 spiro atoms. The third-order valence-corrected chi connectivity index (χ3v) is 1.90. The molecular weight excluding hydrogens is 214 g/mol. The van der Waals surface area contributed by atoms with Gasteiger partial charge in [0.2, 0.25) is 0 Å². The topological polar surface area (TPSA) is 95.9 Å². The molecule has 3 N–H and O–H groups in total. The average molecular weight is 225 g/mol. The van der Waals surface area contributed by atoms with E-state index in [4.69, 9.17) is 9.84 Å². The molecular formula is C10H11NO5. The van der Waals surface area contributed by atoms with Crippen molar-refractivity contribution in [2.24, 2.45) is 0 Å². The second kappa shape index (κ2) is 5.01. The molecule has 86 valence electrons. The Bertz CT molecular complexity index is 404. The van der Waals surface area contributed by atoms with E-state index in [2.05, 4.69) is 5.32 Å². The van der Waals surface area contributed by atoms with Crippen LogP contribution in [0.5, 0.6) is 11.5 Å². The number of carboxylic acid groups (broad SMARTS) is 1. The lowest BCUT2D eigenvalue weighted by Gasteiger charge is -2.11. The predicted octanol–water partition coefficient (Wildman–Crippen LogP) is 0.465. The zero-order valence-corrected chi connectivity index (χ0v) is 8.51. The van der Waals surface area contributed by atoms with Gasteiger partial charge in [-0.05, 0) is 12.1 Å². The van der Waals surface area contributed by atoms with E-state index in [1.54, 1.807) is 0 Å². The number of ether oxygens (including phenoxy) is 1. The summed E-state index contributed by atoms with van der Waals surface area (Å²) in [5, 5.41) is 20.5. The number of aldehydes is 1. The van der Waals surface area contributed by atoms with E-state index < -0.39 is 12.0 Å². The lowest BCUT2D eigenvalue weighted by molar-refractivity contribution is -0.139. The molecule has 0 bridgehead atoms. The second-order valence-electron chi connectivity index (χ2n) is 2.98. The van der Waals surface area contributed by atoms with E-state index in [0.29, 0.717) is 5.69 Å². The van der Waals surface area contributed by atoms with Crippen LogP contribution in [0.25, 0.3) is 0 Å². The minimum atomic E-state index is -1.34. The molecule has 1 aromatic rings. The summed E-state index contributed by atoms with van der Waals surface area (Å²) in [5.74, 6) is -1.16. The van der Waals surface area contributed by atoms with E-state index in [1.807, 2.05) is 0 Å². The first-order valence-electron chi connectivity index (χ1n) is 4.40. The molecule has 1 unspecified atom stereocenters. The standard InChI is InChI=1S/C10H11NO5/c1-16-9-3-2-6(4-8(9)13)11-7(5-12)10(14)15/h2-5,7,11,13H,1H3,(H,14,15). The highest BCUT2D eigenvalue weighted by molar-refractivity contribution is 5.94. The number of phenols is 1. The monoisotopic (exact) mass is 225 g/mol. The summed E-state index contributed by atoms with van der Waals surface area (Å²) in [6.45, 7) is 0. The number of anilines is 1. The Kier molecular flexibility index (Phi) is 3.71. The van der Waals surface area contributed by atoms with Crippen molar-refractivity contribution < 1.29 is 24.5 Å². The van der Waals surface area contributed by atoms with Crippen molar-refractivity contribution in [2.75, 3.05) is 12.4 Å². The summed E-state index contributed by atoms with van der Waals surface area (Å²) in [6, 6.07) is 2.89. The van der Waals surface area contributed by atoms with E-state index in [-0.39, 0.29) is 17.8 Å². The van der Waals surface area contributed by atoms with Crippen molar-refractivity contribution in [3.05, 3.63) is 18.2 Å². The van der Waals surface area contributed by atoms with E-state index in [1.165, 1.54) is 25.3 Å². The van der Waals surface area contributed by atoms with Crippen LogP contribution in [0.3, 0.4) is 0 Å². The van der Waals surface area contributed by atoms with Crippen LogP contribution >= 0.6 is 0 Å². The molecule has 0 saturated heterocycles. The third-order valence-electron chi connectivity index (χ3n) is 1.90. The number of methoxy groups -OCH3 is 1. The summed E-state index contributed by atoms with van der Waals surface area (Å²) >= 11 is 0. The van der Waals surface area contributed by atoms with E-state index in [0.717, 1.165) is 0 Å². The number of carboxylic acids is 1. The molecule has 0 fully saturated rings. The first-order chi connectivity index (χ1) is 7.58. The maximum atomic E-state index is 10.6. The maximum Gasteiger partial charge on any atom is 0.333 e. The van der Waals surface area contributed by atoms with Crippen molar-refractivity contribution in [3.63, 3.8) is 0 Å². The number of phenolic OH excluding ortho intramolecular Hbond substituents is 1. The van der Waals surface area contributed by atoms with Gasteiger partial charge in [0, 0.05) is 11.8 Å². The number of rotatable bonds is 5. The van der Waals surface area contributed by atoms with Gasteiger partial charge in [-0.25, -0.2) is 4.79 Å². The van der Waals surface area contributed by atoms with Gasteiger partial charge in [0.15, 0.2) is 23.8 Å².